The third-order valence-corrected chi connectivity index (χ3v) is 5.53. The Bertz CT molecular complexity index is 804. The highest BCUT2D eigenvalue weighted by atomic mass is 19.1. The Labute approximate surface area is 171 Å². The molecule has 0 bridgehead atoms. The largest absolute Gasteiger partial charge is 0.505 e. The summed E-state index contributed by atoms with van der Waals surface area (Å²) in [5.41, 5.74) is 0.248. The molecule has 1 aliphatic rings. The Morgan fingerprint density at radius 3 is 2.55 bits per heavy atom. The number of likely N-dealkylation sites (tertiary alicyclic amines) is 1. The molecule has 29 heavy (non-hydrogen) atoms. The van der Waals surface area contributed by atoms with E-state index in [1.54, 1.807) is 6.07 Å². The average molecular weight is 401 g/mol. The second-order valence-corrected chi connectivity index (χ2v) is 7.47. The van der Waals surface area contributed by atoms with Gasteiger partial charge in [-0.15, -0.1) is 0 Å². The minimum atomic E-state index is -0.613. The Morgan fingerprint density at radius 2 is 1.90 bits per heavy atom. The number of hydrogen-bond donors (Lipinski definition) is 1. The highest BCUT2D eigenvalue weighted by molar-refractivity contribution is 5.77. The fourth-order valence-corrected chi connectivity index (χ4v) is 3.77. The quantitative estimate of drug-likeness (QED) is 0.674. The molecule has 2 aromatic carbocycles. The van der Waals surface area contributed by atoms with E-state index in [1.807, 2.05) is 37.3 Å². The number of aromatic hydroxyl groups is 1. The zero-order chi connectivity index (χ0) is 20.7. The third kappa shape index (κ3) is 5.48. The number of piperidine rings is 1. The Hall–Kier alpha value is -2.60. The van der Waals surface area contributed by atoms with Crippen molar-refractivity contribution in [2.45, 2.75) is 32.7 Å². The van der Waals surface area contributed by atoms with Crippen molar-refractivity contribution >= 4 is 5.97 Å². The minimum absolute atomic E-state index is 0.160. The lowest BCUT2D eigenvalue weighted by Gasteiger charge is -2.40. The maximum absolute atomic E-state index is 13.6. The van der Waals surface area contributed by atoms with Gasteiger partial charge in [0.1, 0.15) is 5.75 Å². The average Bonchev–Trinajstić information content (AvgIpc) is 2.73. The summed E-state index contributed by atoms with van der Waals surface area (Å²) in [6.45, 7) is 4.64. The first kappa shape index (κ1) is 21.1. The summed E-state index contributed by atoms with van der Waals surface area (Å²) < 4.78 is 24.8. The number of phenols is 1. The van der Waals surface area contributed by atoms with Gasteiger partial charge in [-0.2, -0.15) is 0 Å². The van der Waals surface area contributed by atoms with E-state index in [0.717, 1.165) is 11.3 Å². The van der Waals surface area contributed by atoms with Crippen LogP contribution in [0.1, 0.15) is 31.7 Å². The standard InChI is InChI=1S/C23H28FNO4/c1-2-28-22(27)23(12-15-29-19-6-4-3-5-7-19)10-13-25(14-11-23)17-18-8-9-21(26)20(24)16-18/h3-9,16,26H,2,10-15,17H2,1H3. The van der Waals surface area contributed by atoms with Crippen LogP contribution in [0.15, 0.2) is 48.5 Å². The zero-order valence-electron chi connectivity index (χ0n) is 16.8. The summed E-state index contributed by atoms with van der Waals surface area (Å²) in [4.78, 5) is 14.9. The van der Waals surface area contributed by atoms with E-state index < -0.39 is 11.2 Å². The predicted octanol–water partition coefficient (Wildman–Crippen LogP) is 4.15. The van der Waals surface area contributed by atoms with Crippen LogP contribution in [0.5, 0.6) is 11.5 Å². The van der Waals surface area contributed by atoms with Crippen LogP contribution in [0, 0.1) is 11.2 Å². The van der Waals surface area contributed by atoms with Crippen LogP contribution < -0.4 is 4.74 Å². The molecule has 2 aromatic rings. The molecule has 0 radical (unpaired) electrons. The van der Waals surface area contributed by atoms with Crippen LogP contribution in [-0.2, 0) is 16.1 Å². The van der Waals surface area contributed by atoms with E-state index >= 15 is 0 Å². The lowest BCUT2D eigenvalue weighted by molar-refractivity contribution is -0.159. The van der Waals surface area contributed by atoms with Crippen molar-refractivity contribution < 1.29 is 23.8 Å². The molecule has 0 unspecified atom stereocenters. The monoisotopic (exact) mass is 401 g/mol. The Morgan fingerprint density at radius 1 is 1.17 bits per heavy atom. The molecule has 1 fully saturated rings. The predicted molar refractivity (Wildman–Crippen MR) is 108 cm³/mol. The molecule has 3 rings (SSSR count). The molecule has 0 aromatic heterocycles. The van der Waals surface area contributed by atoms with Crippen LogP contribution in [0.3, 0.4) is 0 Å². The van der Waals surface area contributed by atoms with Crippen molar-refractivity contribution in [2.24, 2.45) is 5.41 Å². The highest BCUT2D eigenvalue weighted by Crippen LogP contribution is 2.37. The number of halogens is 1. The van der Waals surface area contributed by atoms with Crippen molar-refractivity contribution in [1.29, 1.82) is 0 Å². The molecule has 1 saturated heterocycles. The van der Waals surface area contributed by atoms with Gasteiger partial charge in [0.15, 0.2) is 11.6 Å². The van der Waals surface area contributed by atoms with E-state index in [2.05, 4.69) is 4.90 Å². The van der Waals surface area contributed by atoms with Crippen LogP contribution >= 0.6 is 0 Å². The summed E-state index contributed by atoms with van der Waals surface area (Å²) in [5, 5.41) is 9.34. The van der Waals surface area contributed by atoms with Crippen molar-refractivity contribution in [3.05, 3.63) is 59.9 Å². The fourth-order valence-electron chi connectivity index (χ4n) is 3.77. The van der Waals surface area contributed by atoms with Crippen LogP contribution in [-0.4, -0.2) is 42.3 Å². The number of nitrogens with zero attached hydrogens (tertiary/aromatic N) is 1. The smallest absolute Gasteiger partial charge is 0.312 e. The van der Waals surface area contributed by atoms with E-state index in [0.29, 0.717) is 52.1 Å². The van der Waals surface area contributed by atoms with Crippen molar-refractivity contribution in [2.75, 3.05) is 26.3 Å². The number of esters is 1. The third-order valence-electron chi connectivity index (χ3n) is 5.53. The molecule has 0 spiro atoms. The molecular weight excluding hydrogens is 373 g/mol. The van der Waals surface area contributed by atoms with Gasteiger partial charge in [-0.05, 0) is 69.1 Å². The molecular formula is C23H28FNO4. The lowest BCUT2D eigenvalue weighted by Crippen LogP contribution is -2.45. The number of phenolic OH excluding ortho intramolecular Hbond substituents is 1. The SMILES string of the molecule is CCOC(=O)C1(CCOc2ccccc2)CCN(Cc2ccc(O)c(F)c2)CC1. The summed E-state index contributed by atoms with van der Waals surface area (Å²) in [6.07, 6.45) is 1.94. The van der Waals surface area contributed by atoms with E-state index in [-0.39, 0.29) is 11.7 Å². The topological polar surface area (TPSA) is 59.0 Å². The number of carbonyl (C=O) groups is 1. The van der Waals surface area contributed by atoms with Gasteiger partial charge < -0.3 is 14.6 Å². The first-order valence-corrected chi connectivity index (χ1v) is 10.1. The van der Waals surface area contributed by atoms with Gasteiger partial charge in [-0.1, -0.05) is 24.3 Å². The molecule has 6 heteroatoms. The van der Waals surface area contributed by atoms with Crippen LogP contribution in [0.4, 0.5) is 4.39 Å². The number of ether oxygens (including phenoxy) is 2. The summed E-state index contributed by atoms with van der Waals surface area (Å²) in [7, 11) is 0. The van der Waals surface area contributed by atoms with E-state index in [4.69, 9.17) is 9.47 Å². The normalized spacial score (nSPS) is 16.3. The second-order valence-electron chi connectivity index (χ2n) is 7.47. The molecule has 5 nitrogen and oxygen atoms in total. The number of benzene rings is 2. The zero-order valence-corrected chi connectivity index (χ0v) is 16.8. The van der Waals surface area contributed by atoms with Gasteiger partial charge in [0.05, 0.1) is 18.6 Å². The number of rotatable bonds is 8. The van der Waals surface area contributed by atoms with Gasteiger partial charge >= 0.3 is 5.97 Å². The van der Waals surface area contributed by atoms with Crippen LogP contribution in [0.2, 0.25) is 0 Å². The molecule has 0 saturated carbocycles. The molecule has 1 aliphatic heterocycles. The lowest BCUT2D eigenvalue weighted by atomic mass is 9.75. The van der Waals surface area contributed by atoms with E-state index in [9.17, 15) is 14.3 Å². The second kappa shape index (κ2) is 9.74. The number of carbonyl (C=O) groups excluding carboxylic acids is 1. The molecule has 156 valence electrons. The van der Waals surface area contributed by atoms with Crippen molar-refractivity contribution in [1.82, 2.24) is 4.90 Å². The summed E-state index contributed by atoms with van der Waals surface area (Å²) in [5.74, 6) is -0.323. The molecule has 0 atom stereocenters. The first-order valence-electron chi connectivity index (χ1n) is 10.1. The maximum Gasteiger partial charge on any atom is 0.312 e. The minimum Gasteiger partial charge on any atom is -0.505 e. The summed E-state index contributed by atoms with van der Waals surface area (Å²) in [6, 6.07) is 14.0. The van der Waals surface area contributed by atoms with Crippen molar-refractivity contribution in [3.63, 3.8) is 0 Å². The van der Waals surface area contributed by atoms with Gasteiger partial charge in [-0.3, -0.25) is 9.69 Å². The van der Waals surface area contributed by atoms with E-state index in [1.165, 1.54) is 12.1 Å². The highest BCUT2D eigenvalue weighted by Gasteiger charge is 2.42. The molecule has 0 aliphatic carbocycles. The van der Waals surface area contributed by atoms with Crippen LogP contribution in [0.25, 0.3) is 0 Å². The van der Waals surface area contributed by atoms with Gasteiger partial charge in [0.25, 0.3) is 0 Å². The molecule has 1 heterocycles. The van der Waals surface area contributed by atoms with Gasteiger partial charge in [0, 0.05) is 6.54 Å². The van der Waals surface area contributed by atoms with Gasteiger partial charge in [-0.25, -0.2) is 4.39 Å². The number of hydrogen-bond acceptors (Lipinski definition) is 5. The fraction of sp³-hybridized carbons (Fsp3) is 0.435. The molecule has 0 amide bonds. The summed E-state index contributed by atoms with van der Waals surface area (Å²) >= 11 is 0. The Kier molecular flexibility index (Phi) is 7.09. The maximum atomic E-state index is 13.6. The number of para-hydroxylation sites is 1. The van der Waals surface area contributed by atoms with Crippen molar-refractivity contribution in [3.8, 4) is 11.5 Å². The van der Waals surface area contributed by atoms with Gasteiger partial charge in [0.2, 0.25) is 0 Å². The molecule has 1 N–H and O–H groups in total. The first-order chi connectivity index (χ1) is 14.0. The Balaban J connectivity index is 1.59.